The first kappa shape index (κ1) is 19.2. The number of aromatic nitrogens is 1. The van der Waals surface area contributed by atoms with Crippen LogP contribution >= 0.6 is 12.2 Å². The molecule has 1 aliphatic rings. The van der Waals surface area contributed by atoms with Gasteiger partial charge in [-0.2, -0.15) is 0 Å². The smallest absolute Gasteiger partial charge is 0.336 e. The summed E-state index contributed by atoms with van der Waals surface area (Å²) in [5, 5.41) is 15.6. The molecule has 3 N–H and O–H groups in total. The quantitative estimate of drug-likeness (QED) is 0.307. The van der Waals surface area contributed by atoms with E-state index < -0.39 is 18.0 Å². The van der Waals surface area contributed by atoms with Gasteiger partial charge in [0.2, 0.25) is 0 Å². The summed E-state index contributed by atoms with van der Waals surface area (Å²) >= 11 is 5.12. The minimum Gasteiger partial charge on any atom is -0.478 e. The summed E-state index contributed by atoms with van der Waals surface area (Å²) in [6, 6.07) is 9.54. The minimum absolute atomic E-state index is 0.179. The van der Waals surface area contributed by atoms with Crippen LogP contribution in [0.2, 0.25) is 0 Å². The molecule has 1 aliphatic heterocycles. The SMILES string of the molecule is CC1=C(C(=O)O)C(c2ccc(OC(=O)C=Cc3ccncc3)cc2)NC(=S)N1. The van der Waals surface area contributed by atoms with Crippen molar-refractivity contribution >= 4 is 35.3 Å². The molecule has 2 heterocycles. The lowest BCUT2D eigenvalue weighted by Crippen LogP contribution is -2.44. The van der Waals surface area contributed by atoms with E-state index in [-0.39, 0.29) is 5.57 Å². The zero-order valence-corrected chi connectivity index (χ0v) is 15.7. The predicted octanol–water partition coefficient (Wildman–Crippen LogP) is 2.58. The van der Waals surface area contributed by atoms with Crippen LogP contribution in [0, 0.1) is 0 Å². The molecule has 1 atom stereocenters. The molecule has 0 fully saturated rings. The Kier molecular flexibility index (Phi) is 5.81. The Morgan fingerprint density at radius 3 is 2.50 bits per heavy atom. The number of carbonyl (C=O) groups is 2. The molecular formula is C20H17N3O4S. The second-order valence-corrected chi connectivity index (χ2v) is 6.39. The Morgan fingerprint density at radius 2 is 1.86 bits per heavy atom. The summed E-state index contributed by atoms with van der Waals surface area (Å²) in [7, 11) is 0. The van der Waals surface area contributed by atoms with E-state index in [0.717, 1.165) is 5.56 Å². The second-order valence-electron chi connectivity index (χ2n) is 5.98. The molecule has 3 rings (SSSR count). The van der Waals surface area contributed by atoms with Crippen LogP contribution in [0.3, 0.4) is 0 Å². The number of benzene rings is 1. The summed E-state index contributed by atoms with van der Waals surface area (Å²) in [6.07, 6.45) is 6.22. The molecule has 0 radical (unpaired) electrons. The molecule has 8 heteroatoms. The predicted molar refractivity (Wildman–Crippen MR) is 107 cm³/mol. The highest BCUT2D eigenvalue weighted by molar-refractivity contribution is 7.80. The average Bonchev–Trinajstić information content (AvgIpc) is 2.67. The third-order valence-electron chi connectivity index (χ3n) is 4.05. The van der Waals surface area contributed by atoms with Gasteiger partial charge in [0.15, 0.2) is 5.11 Å². The summed E-state index contributed by atoms with van der Waals surface area (Å²) in [6.45, 7) is 1.66. The maximum Gasteiger partial charge on any atom is 0.336 e. The Balaban J connectivity index is 1.72. The molecule has 0 bridgehead atoms. The Labute approximate surface area is 166 Å². The zero-order chi connectivity index (χ0) is 20.1. The van der Waals surface area contributed by atoms with E-state index in [1.807, 2.05) is 0 Å². The van der Waals surface area contributed by atoms with Crippen molar-refractivity contribution in [1.29, 1.82) is 0 Å². The number of rotatable bonds is 5. The lowest BCUT2D eigenvalue weighted by molar-refractivity contribution is -0.133. The van der Waals surface area contributed by atoms with Crippen LogP contribution < -0.4 is 15.4 Å². The summed E-state index contributed by atoms with van der Waals surface area (Å²) in [5.74, 6) is -1.21. The van der Waals surface area contributed by atoms with E-state index in [9.17, 15) is 14.7 Å². The lowest BCUT2D eigenvalue weighted by Gasteiger charge is -2.28. The number of nitrogens with zero attached hydrogens (tertiary/aromatic N) is 1. The molecule has 142 valence electrons. The highest BCUT2D eigenvalue weighted by Crippen LogP contribution is 2.28. The van der Waals surface area contributed by atoms with Gasteiger partial charge in [-0.1, -0.05) is 12.1 Å². The van der Waals surface area contributed by atoms with Gasteiger partial charge in [0, 0.05) is 24.2 Å². The zero-order valence-electron chi connectivity index (χ0n) is 14.9. The van der Waals surface area contributed by atoms with Gasteiger partial charge in [-0.25, -0.2) is 9.59 Å². The molecule has 2 aromatic rings. The van der Waals surface area contributed by atoms with Gasteiger partial charge in [-0.05, 0) is 60.6 Å². The standard InChI is InChI=1S/C20H17N3O4S/c1-12-17(19(25)26)18(23-20(28)22-12)14-3-5-15(6-4-14)27-16(24)7-2-13-8-10-21-11-9-13/h2-11,18H,1H3,(H,25,26)(H2,22,23,28). The maximum atomic E-state index is 12.0. The molecule has 28 heavy (non-hydrogen) atoms. The van der Waals surface area contributed by atoms with Crippen LogP contribution in [-0.4, -0.2) is 27.1 Å². The number of hydrogen-bond acceptors (Lipinski definition) is 5. The van der Waals surface area contributed by atoms with Gasteiger partial charge in [0.1, 0.15) is 5.75 Å². The fourth-order valence-corrected chi connectivity index (χ4v) is 3.02. The van der Waals surface area contributed by atoms with E-state index >= 15 is 0 Å². The monoisotopic (exact) mass is 395 g/mol. The summed E-state index contributed by atoms with van der Waals surface area (Å²) in [4.78, 5) is 27.5. The fraction of sp³-hybridized carbons (Fsp3) is 0.100. The highest BCUT2D eigenvalue weighted by atomic mass is 32.1. The first-order valence-electron chi connectivity index (χ1n) is 8.35. The van der Waals surface area contributed by atoms with Gasteiger partial charge in [0.05, 0.1) is 11.6 Å². The largest absolute Gasteiger partial charge is 0.478 e. The van der Waals surface area contributed by atoms with E-state index in [1.54, 1.807) is 61.8 Å². The van der Waals surface area contributed by atoms with Crippen molar-refractivity contribution < 1.29 is 19.4 Å². The number of hydrogen-bond donors (Lipinski definition) is 3. The first-order chi connectivity index (χ1) is 13.4. The molecule has 0 saturated heterocycles. The second kappa shape index (κ2) is 8.45. The average molecular weight is 395 g/mol. The van der Waals surface area contributed by atoms with Crippen LogP contribution in [0.25, 0.3) is 6.08 Å². The van der Waals surface area contributed by atoms with Crippen LogP contribution in [-0.2, 0) is 9.59 Å². The van der Waals surface area contributed by atoms with Crippen molar-refractivity contribution in [1.82, 2.24) is 15.6 Å². The number of pyridine rings is 1. The van der Waals surface area contributed by atoms with Gasteiger partial charge in [-0.15, -0.1) is 0 Å². The van der Waals surface area contributed by atoms with Gasteiger partial charge < -0.3 is 20.5 Å². The number of carbonyl (C=O) groups excluding carboxylic acids is 1. The molecule has 1 aromatic heterocycles. The number of ether oxygens (including phenoxy) is 1. The number of aliphatic carboxylic acids is 1. The van der Waals surface area contributed by atoms with Crippen LogP contribution in [0.5, 0.6) is 5.75 Å². The molecule has 1 aromatic carbocycles. The van der Waals surface area contributed by atoms with Gasteiger partial charge >= 0.3 is 11.9 Å². The molecule has 0 amide bonds. The van der Waals surface area contributed by atoms with Gasteiger partial charge in [-0.3, -0.25) is 4.98 Å². The Morgan fingerprint density at radius 1 is 1.18 bits per heavy atom. The van der Waals surface area contributed by atoms with Crippen LogP contribution in [0.4, 0.5) is 0 Å². The molecule has 0 spiro atoms. The normalized spacial score (nSPS) is 16.5. The first-order valence-corrected chi connectivity index (χ1v) is 8.76. The van der Waals surface area contributed by atoms with Crippen molar-refractivity contribution in [3.05, 3.63) is 77.3 Å². The molecule has 0 aliphatic carbocycles. The number of esters is 1. The minimum atomic E-state index is -1.04. The van der Waals surface area contributed by atoms with Crippen molar-refractivity contribution in [2.24, 2.45) is 0 Å². The van der Waals surface area contributed by atoms with Crippen molar-refractivity contribution in [3.8, 4) is 5.75 Å². The van der Waals surface area contributed by atoms with Gasteiger partial charge in [0.25, 0.3) is 0 Å². The maximum absolute atomic E-state index is 12.0. The topological polar surface area (TPSA) is 101 Å². The van der Waals surface area contributed by atoms with Crippen LogP contribution in [0.15, 0.2) is 66.1 Å². The van der Waals surface area contributed by atoms with E-state index in [1.165, 1.54) is 6.08 Å². The summed E-state index contributed by atoms with van der Waals surface area (Å²) in [5.41, 5.74) is 2.18. The fourth-order valence-electron chi connectivity index (χ4n) is 2.74. The van der Waals surface area contributed by atoms with Crippen molar-refractivity contribution in [2.75, 3.05) is 0 Å². The van der Waals surface area contributed by atoms with E-state index in [4.69, 9.17) is 17.0 Å². The summed E-state index contributed by atoms with van der Waals surface area (Å²) < 4.78 is 5.27. The lowest BCUT2D eigenvalue weighted by atomic mass is 9.96. The molecule has 1 unspecified atom stereocenters. The third kappa shape index (κ3) is 4.60. The highest BCUT2D eigenvalue weighted by Gasteiger charge is 2.29. The molecule has 7 nitrogen and oxygen atoms in total. The molecular weight excluding hydrogens is 378 g/mol. The molecule has 0 saturated carbocycles. The Hall–Kier alpha value is -3.52. The van der Waals surface area contributed by atoms with E-state index in [0.29, 0.717) is 22.1 Å². The Bertz CT molecular complexity index is 969. The number of carboxylic acids is 1. The third-order valence-corrected chi connectivity index (χ3v) is 4.27. The van der Waals surface area contributed by atoms with E-state index in [2.05, 4.69) is 15.6 Å². The number of nitrogens with one attached hydrogen (secondary N) is 2. The van der Waals surface area contributed by atoms with Crippen molar-refractivity contribution in [2.45, 2.75) is 13.0 Å². The number of thiocarbonyl (C=S) groups is 1. The number of carboxylic acid groups (broad SMARTS) is 1. The van der Waals surface area contributed by atoms with Crippen LogP contribution in [0.1, 0.15) is 24.1 Å². The number of allylic oxidation sites excluding steroid dienone is 1. The van der Waals surface area contributed by atoms with Crippen molar-refractivity contribution in [3.63, 3.8) is 0 Å².